The molecule has 45 heavy (non-hydrogen) atoms. The molecule has 2 aromatic heterocycles. The lowest BCUT2D eigenvalue weighted by Crippen LogP contribution is -2.58. The Balaban J connectivity index is 1.49. The molecule has 1 saturated heterocycles. The number of urea groups is 1. The number of allylic oxidation sites excluding steroid dienone is 4. The minimum atomic E-state index is -4.58. The van der Waals surface area contributed by atoms with E-state index in [4.69, 9.17) is 9.47 Å². The van der Waals surface area contributed by atoms with Gasteiger partial charge in [0.25, 0.3) is 5.92 Å². The first-order chi connectivity index (χ1) is 21.0. The number of ether oxygens (including phenoxy) is 2. The zero-order valence-corrected chi connectivity index (χ0v) is 26.4. The van der Waals surface area contributed by atoms with Crippen molar-refractivity contribution in [1.82, 2.24) is 29.5 Å². The number of halogens is 5. The molecule has 16 heteroatoms. The summed E-state index contributed by atoms with van der Waals surface area (Å²) < 4.78 is 99.0. The van der Waals surface area contributed by atoms with Gasteiger partial charge in [-0.3, -0.25) is 0 Å². The number of nitrogens with one attached hydrogen (secondary N) is 2. The molecule has 5 atom stereocenters. The lowest BCUT2D eigenvalue weighted by atomic mass is 9.93. The zero-order valence-electron chi connectivity index (χ0n) is 25.6. The number of carbonyl (C=O) groups is 1. The van der Waals surface area contributed by atoms with E-state index < -0.39 is 66.4 Å². The molecule has 0 spiro atoms. The van der Waals surface area contributed by atoms with E-state index in [0.29, 0.717) is 16.9 Å². The van der Waals surface area contributed by atoms with E-state index in [9.17, 15) is 31.3 Å². The van der Waals surface area contributed by atoms with Gasteiger partial charge in [0.05, 0.1) is 61.3 Å². The number of methoxy groups -OCH3 is 1. The highest BCUT2D eigenvalue weighted by Gasteiger charge is 2.66. The molecular weight excluding hydrogens is 623 g/mol. The minimum Gasteiger partial charge on any atom is -0.593 e. The Morgan fingerprint density at radius 1 is 1.29 bits per heavy atom. The Morgan fingerprint density at radius 2 is 2.00 bits per heavy atom. The lowest BCUT2D eigenvalue weighted by molar-refractivity contribution is -0.249. The summed E-state index contributed by atoms with van der Waals surface area (Å²) in [5, 5.41) is 6.53. The molecule has 2 N–H and O–H groups in total. The average molecular weight is 661 g/mol. The van der Waals surface area contributed by atoms with Crippen LogP contribution < -0.4 is 10.0 Å². The summed E-state index contributed by atoms with van der Waals surface area (Å²) in [6, 6.07) is -1.11. The van der Waals surface area contributed by atoms with Crippen molar-refractivity contribution in [3.05, 3.63) is 51.8 Å². The number of rotatable bonds is 11. The maximum atomic E-state index is 14.2. The second-order valence-corrected chi connectivity index (χ2v) is 13.4. The fourth-order valence-electron chi connectivity index (χ4n) is 6.08. The number of fused-ring (bicyclic) bond motifs is 1. The van der Waals surface area contributed by atoms with Crippen LogP contribution in [0.2, 0.25) is 0 Å². The Labute approximate surface area is 260 Å². The van der Waals surface area contributed by atoms with Crippen molar-refractivity contribution in [3.8, 4) is 0 Å². The molecule has 0 radical (unpaired) electrons. The van der Waals surface area contributed by atoms with Gasteiger partial charge in [-0.2, -0.15) is 18.3 Å². The van der Waals surface area contributed by atoms with Gasteiger partial charge in [-0.15, -0.1) is 4.72 Å². The van der Waals surface area contributed by atoms with E-state index in [0.717, 1.165) is 16.0 Å². The molecule has 3 heterocycles. The molecule has 5 rings (SSSR count). The van der Waals surface area contributed by atoms with Crippen molar-refractivity contribution in [2.75, 3.05) is 26.8 Å². The van der Waals surface area contributed by atoms with Crippen LogP contribution in [-0.2, 0) is 20.8 Å². The Morgan fingerprint density at radius 3 is 2.62 bits per heavy atom. The van der Waals surface area contributed by atoms with Gasteiger partial charge in [-0.25, -0.2) is 23.1 Å². The Hall–Kier alpha value is -2.79. The molecule has 10 nitrogen and oxygen atoms in total. The first-order valence-electron chi connectivity index (χ1n) is 14.6. The second-order valence-electron chi connectivity index (χ2n) is 12.2. The molecule has 0 aromatic carbocycles. The van der Waals surface area contributed by atoms with Crippen molar-refractivity contribution in [1.29, 1.82) is 0 Å². The third kappa shape index (κ3) is 6.99. The Kier molecular flexibility index (Phi) is 9.27. The van der Waals surface area contributed by atoms with E-state index in [1.54, 1.807) is 6.07 Å². The number of hydrogen-bond acceptors (Lipinski definition) is 7. The van der Waals surface area contributed by atoms with E-state index in [2.05, 4.69) is 20.1 Å². The fraction of sp³-hybridized carbons (Fsp3) is 0.621. The molecule has 1 saturated carbocycles. The highest BCUT2D eigenvalue weighted by molar-refractivity contribution is 7.93. The first kappa shape index (κ1) is 33.6. The van der Waals surface area contributed by atoms with Crippen LogP contribution in [0.3, 0.4) is 0 Å². The summed E-state index contributed by atoms with van der Waals surface area (Å²) in [5.41, 5.74) is 0.480. The van der Waals surface area contributed by atoms with Gasteiger partial charge in [0.1, 0.15) is 6.04 Å². The summed E-state index contributed by atoms with van der Waals surface area (Å²) in [7, 11) is 1.37. The summed E-state index contributed by atoms with van der Waals surface area (Å²) in [6.07, 6.45) is -0.532. The van der Waals surface area contributed by atoms with Gasteiger partial charge in [-0.1, -0.05) is 18.6 Å². The number of hydrogen-bond donors (Lipinski definition) is 2. The van der Waals surface area contributed by atoms with Gasteiger partial charge >= 0.3 is 12.2 Å². The number of carbonyl (C=O) groups excluding carboxylic acids is 1. The smallest absolute Gasteiger partial charge is 0.417 e. The molecule has 2 fully saturated rings. The van der Waals surface area contributed by atoms with Gasteiger partial charge in [0, 0.05) is 24.2 Å². The average Bonchev–Trinajstić information content (AvgIpc) is 3.61. The van der Waals surface area contributed by atoms with Crippen molar-refractivity contribution < 1.29 is 40.8 Å². The van der Waals surface area contributed by atoms with Gasteiger partial charge in [-0.05, 0) is 46.1 Å². The van der Waals surface area contributed by atoms with Crippen LogP contribution in [-0.4, -0.2) is 80.7 Å². The fourth-order valence-corrected chi connectivity index (χ4v) is 7.55. The van der Waals surface area contributed by atoms with Crippen LogP contribution >= 0.6 is 0 Å². The topological polar surface area (TPSA) is 116 Å². The van der Waals surface area contributed by atoms with Crippen molar-refractivity contribution in [3.63, 3.8) is 0 Å². The van der Waals surface area contributed by atoms with Gasteiger partial charge in [0.15, 0.2) is 16.2 Å². The first-order valence-corrected chi connectivity index (χ1v) is 15.8. The molecule has 2 aromatic rings. The van der Waals surface area contributed by atoms with Crippen molar-refractivity contribution >= 4 is 23.0 Å². The molecule has 0 bridgehead atoms. The molecule has 3 unspecified atom stereocenters. The molecule has 1 aliphatic heterocycles. The minimum absolute atomic E-state index is 0.0625. The highest BCUT2D eigenvalue weighted by atomic mass is 32.2. The zero-order chi connectivity index (χ0) is 32.9. The van der Waals surface area contributed by atoms with Crippen LogP contribution in [0, 0.1) is 5.92 Å². The highest BCUT2D eigenvalue weighted by Crippen LogP contribution is 2.53. The summed E-state index contributed by atoms with van der Waals surface area (Å²) in [5.74, 6) is -3.22. The van der Waals surface area contributed by atoms with E-state index in [-0.39, 0.29) is 36.7 Å². The Bertz CT molecular complexity index is 1490. The van der Waals surface area contributed by atoms with Crippen molar-refractivity contribution in [2.24, 2.45) is 5.92 Å². The maximum absolute atomic E-state index is 14.2. The number of amides is 2. The monoisotopic (exact) mass is 660 g/mol. The predicted molar refractivity (Wildman–Crippen MR) is 155 cm³/mol. The van der Waals surface area contributed by atoms with E-state index >= 15 is 0 Å². The third-order valence-corrected chi connectivity index (χ3v) is 9.98. The molecular formula is C29H37F5N6O4S. The summed E-state index contributed by atoms with van der Waals surface area (Å²) in [4.78, 5) is 18.7. The van der Waals surface area contributed by atoms with Crippen LogP contribution in [0.5, 0.6) is 0 Å². The number of aromatic nitrogens is 3. The van der Waals surface area contributed by atoms with E-state index in [1.165, 1.54) is 30.9 Å². The van der Waals surface area contributed by atoms with E-state index in [1.807, 2.05) is 26.8 Å². The molecule has 2 amide bonds. The number of alkyl halides is 5. The third-order valence-electron chi connectivity index (χ3n) is 8.39. The standard InChI is InChI=1S/C29H37F5N6O4S/c1-16-8-17(2)25(18(3)9-16)45(42)38-24(19(4)44-27(6-7-27)29(32,33)34)21-12-40-23(37-21)10-20(11-36-40)22(13-43-5)39-15-28(30,31)14-35-26(39)41/h8,10-12,18-19,22,24,38H,6-7,9,13-15H2,1-5H3,(H,35,41)/t18?,19?,22-,24+,45?/m1/s1. The second kappa shape index (κ2) is 12.4. The van der Waals surface area contributed by atoms with Gasteiger partial charge < -0.3 is 24.2 Å². The lowest BCUT2D eigenvalue weighted by Gasteiger charge is -2.38. The largest absolute Gasteiger partial charge is 0.593 e. The van der Waals surface area contributed by atoms with Gasteiger partial charge in [0.2, 0.25) is 0 Å². The summed E-state index contributed by atoms with van der Waals surface area (Å²) in [6.45, 7) is 5.53. The summed E-state index contributed by atoms with van der Waals surface area (Å²) >= 11 is -1.80. The van der Waals surface area contributed by atoms with Crippen LogP contribution in [0.25, 0.3) is 5.65 Å². The maximum Gasteiger partial charge on any atom is 0.417 e. The quantitative estimate of drug-likeness (QED) is 0.254. The van der Waals surface area contributed by atoms with Crippen molar-refractivity contribution in [2.45, 2.75) is 82.8 Å². The molecule has 248 valence electrons. The molecule has 2 aliphatic carbocycles. The van der Waals surface area contributed by atoms with Crippen LogP contribution in [0.4, 0.5) is 26.7 Å². The predicted octanol–water partition coefficient (Wildman–Crippen LogP) is 5.13. The SMILES string of the molecule is COC[C@H](c1cnn2cc([C@@H](N[S+]([O-])C3=C(C)C=C(C)CC3C)C(C)OC3(C(F)(F)F)CC3)nc2c1)N1CC(F)(F)CNC1=O. The molecule has 3 aliphatic rings. The van der Waals surface area contributed by atoms with Crippen LogP contribution in [0.1, 0.15) is 70.3 Å². The normalized spacial score (nSPS) is 24.2. The number of imidazole rings is 1. The van der Waals surface area contributed by atoms with Crippen LogP contribution in [0.15, 0.2) is 40.6 Å². The number of nitrogens with zero attached hydrogens (tertiary/aromatic N) is 4.